The molecule has 0 heterocycles. The second-order valence-electron chi connectivity index (χ2n) is 2.85. The molecule has 0 aromatic rings. The van der Waals surface area contributed by atoms with Gasteiger partial charge in [-0.3, -0.25) is 4.79 Å². The van der Waals surface area contributed by atoms with E-state index < -0.39 is 14.6 Å². The first-order chi connectivity index (χ1) is 4.94. The molecule has 4 nitrogen and oxygen atoms in total. The highest BCUT2D eigenvalue weighted by molar-refractivity contribution is 7.93. The fourth-order valence-electron chi connectivity index (χ4n) is 1.11. The Labute approximate surface area is 65.9 Å². The number of carbonyl (C=O) groups excluding carboxylic acids is 1. The van der Waals surface area contributed by atoms with Crippen LogP contribution in [0.1, 0.15) is 12.8 Å². The molecule has 0 aromatic heterocycles. The molecule has 0 bridgehead atoms. The van der Waals surface area contributed by atoms with Crippen LogP contribution in [-0.4, -0.2) is 32.4 Å². The average Bonchev–Trinajstić information content (AvgIpc) is 2.63. The average molecular weight is 177 g/mol. The monoisotopic (exact) mass is 177 g/mol. The molecule has 1 amide bonds. The lowest BCUT2D eigenvalue weighted by Gasteiger charge is -2.09. The van der Waals surface area contributed by atoms with E-state index in [1.807, 2.05) is 0 Å². The van der Waals surface area contributed by atoms with Crippen molar-refractivity contribution in [2.45, 2.75) is 17.6 Å². The fraction of sp³-hybridized carbons (Fsp3) is 0.833. The molecular weight excluding hydrogens is 166 g/mol. The first-order valence-corrected chi connectivity index (χ1v) is 5.25. The molecule has 0 spiro atoms. The van der Waals surface area contributed by atoms with Crippen molar-refractivity contribution in [3.63, 3.8) is 0 Å². The lowest BCUT2D eigenvalue weighted by molar-refractivity contribution is -0.120. The highest BCUT2D eigenvalue weighted by atomic mass is 32.2. The first kappa shape index (κ1) is 8.52. The van der Waals surface area contributed by atoms with Gasteiger partial charge < -0.3 is 5.32 Å². The molecular formula is C6H11NO3S. The second kappa shape index (κ2) is 2.20. The van der Waals surface area contributed by atoms with Crippen LogP contribution in [0.4, 0.5) is 0 Å². The molecule has 0 saturated heterocycles. The molecule has 11 heavy (non-hydrogen) atoms. The van der Waals surface area contributed by atoms with E-state index in [0.717, 1.165) is 6.26 Å². The minimum Gasteiger partial charge on any atom is -0.358 e. The molecule has 0 radical (unpaired) electrons. The van der Waals surface area contributed by atoms with E-state index >= 15 is 0 Å². The summed E-state index contributed by atoms with van der Waals surface area (Å²) >= 11 is 0. The third-order valence-corrected chi connectivity index (χ3v) is 4.07. The van der Waals surface area contributed by atoms with Gasteiger partial charge in [0.05, 0.1) is 0 Å². The third-order valence-electron chi connectivity index (χ3n) is 2.05. The number of nitrogens with one attached hydrogen (secondary N) is 1. The van der Waals surface area contributed by atoms with Gasteiger partial charge in [-0.15, -0.1) is 0 Å². The number of hydrogen-bond acceptors (Lipinski definition) is 3. The minimum atomic E-state index is -3.21. The summed E-state index contributed by atoms with van der Waals surface area (Å²) in [5.74, 6) is -0.375. The van der Waals surface area contributed by atoms with Crippen LogP contribution in [0.15, 0.2) is 0 Å². The molecule has 1 aliphatic rings. The van der Waals surface area contributed by atoms with E-state index in [4.69, 9.17) is 0 Å². The zero-order valence-corrected chi connectivity index (χ0v) is 7.36. The van der Waals surface area contributed by atoms with Gasteiger partial charge in [0.2, 0.25) is 5.91 Å². The summed E-state index contributed by atoms with van der Waals surface area (Å²) in [4.78, 5) is 11.1. The van der Waals surface area contributed by atoms with Crippen molar-refractivity contribution in [3.8, 4) is 0 Å². The molecule has 1 aliphatic carbocycles. The van der Waals surface area contributed by atoms with Crippen LogP contribution in [0.5, 0.6) is 0 Å². The van der Waals surface area contributed by atoms with Gasteiger partial charge in [-0.2, -0.15) is 0 Å². The molecule has 5 heteroatoms. The maximum atomic E-state index is 11.1. The Bertz CT molecular complexity index is 276. The number of sulfone groups is 1. The Balaban J connectivity index is 2.94. The van der Waals surface area contributed by atoms with E-state index in [2.05, 4.69) is 5.32 Å². The van der Waals surface area contributed by atoms with Gasteiger partial charge in [0, 0.05) is 13.3 Å². The van der Waals surface area contributed by atoms with Crippen molar-refractivity contribution in [2.24, 2.45) is 0 Å². The first-order valence-electron chi connectivity index (χ1n) is 3.36. The van der Waals surface area contributed by atoms with E-state index in [0.29, 0.717) is 12.8 Å². The van der Waals surface area contributed by atoms with E-state index in [1.54, 1.807) is 0 Å². The maximum Gasteiger partial charge on any atom is 0.241 e. The zero-order valence-electron chi connectivity index (χ0n) is 6.55. The summed E-state index contributed by atoms with van der Waals surface area (Å²) in [6.07, 6.45) is 2.03. The quantitative estimate of drug-likeness (QED) is 0.607. The fourth-order valence-corrected chi connectivity index (χ4v) is 2.39. The predicted octanol–water partition coefficient (Wildman–Crippen LogP) is -0.690. The highest BCUT2D eigenvalue weighted by Gasteiger charge is 2.58. The largest absolute Gasteiger partial charge is 0.358 e. The second-order valence-corrected chi connectivity index (χ2v) is 5.17. The van der Waals surface area contributed by atoms with Crippen LogP contribution in [0, 0.1) is 0 Å². The van der Waals surface area contributed by atoms with Crippen LogP contribution in [0.3, 0.4) is 0 Å². The van der Waals surface area contributed by atoms with E-state index in [9.17, 15) is 13.2 Å². The van der Waals surface area contributed by atoms with Crippen LogP contribution >= 0.6 is 0 Å². The molecule has 1 saturated carbocycles. The van der Waals surface area contributed by atoms with Gasteiger partial charge in [-0.05, 0) is 12.8 Å². The summed E-state index contributed by atoms with van der Waals surface area (Å²) in [6, 6.07) is 0. The Morgan fingerprint density at radius 3 is 2.00 bits per heavy atom. The Hall–Kier alpha value is -0.580. The van der Waals surface area contributed by atoms with Gasteiger partial charge >= 0.3 is 0 Å². The topological polar surface area (TPSA) is 63.2 Å². The van der Waals surface area contributed by atoms with E-state index in [1.165, 1.54) is 7.05 Å². The molecule has 0 atom stereocenters. The lowest BCUT2D eigenvalue weighted by Crippen LogP contribution is -2.39. The predicted molar refractivity (Wildman–Crippen MR) is 40.9 cm³/mol. The number of amides is 1. The van der Waals surface area contributed by atoms with Gasteiger partial charge in [0.1, 0.15) is 0 Å². The Kier molecular flexibility index (Phi) is 1.70. The molecule has 0 unspecified atom stereocenters. The minimum absolute atomic E-state index is 0.375. The van der Waals surface area contributed by atoms with Crippen molar-refractivity contribution in [1.82, 2.24) is 5.32 Å². The van der Waals surface area contributed by atoms with Crippen LogP contribution < -0.4 is 5.32 Å². The number of carbonyl (C=O) groups is 1. The number of rotatable bonds is 2. The van der Waals surface area contributed by atoms with Gasteiger partial charge in [-0.1, -0.05) is 0 Å². The van der Waals surface area contributed by atoms with Gasteiger partial charge in [-0.25, -0.2) is 8.42 Å². The third kappa shape index (κ3) is 1.13. The molecule has 64 valence electrons. The van der Waals surface area contributed by atoms with Crippen molar-refractivity contribution in [2.75, 3.05) is 13.3 Å². The molecule has 1 rings (SSSR count). The SMILES string of the molecule is CNC(=O)C1(S(C)(=O)=O)CC1. The van der Waals surface area contributed by atoms with Crippen LogP contribution in [0.2, 0.25) is 0 Å². The summed E-state index contributed by atoms with van der Waals surface area (Å²) in [5, 5.41) is 2.36. The van der Waals surface area contributed by atoms with Crippen LogP contribution in [0.25, 0.3) is 0 Å². The lowest BCUT2D eigenvalue weighted by atomic mass is 10.4. The molecule has 1 fully saturated rings. The highest BCUT2D eigenvalue weighted by Crippen LogP contribution is 2.43. The molecule has 0 aromatic carbocycles. The van der Waals surface area contributed by atoms with Gasteiger partial charge in [0.25, 0.3) is 0 Å². The summed E-state index contributed by atoms with van der Waals surface area (Å²) in [5.41, 5.74) is 0. The molecule has 0 aliphatic heterocycles. The standard InChI is InChI=1S/C6H11NO3S/c1-7-5(8)6(3-4-6)11(2,9)10/h3-4H2,1-2H3,(H,7,8). The normalized spacial score (nSPS) is 20.9. The number of hydrogen-bond donors (Lipinski definition) is 1. The van der Waals surface area contributed by atoms with Crippen LogP contribution in [-0.2, 0) is 14.6 Å². The summed E-state index contributed by atoms with van der Waals surface area (Å²) < 4.78 is 21.0. The van der Waals surface area contributed by atoms with Crippen molar-refractivity contribution < 1.29 is 13.2 Å². The van der Waals surface area contributed by atoms with Gasteiger partial charge in [0.15, 0.2) is 14.6 Å². The zero-order chi connectivity index (χ0) is 8.70. The Morgan fingerprint density at radius 1 is 1.45 bits per heavy atom. The maximum absolute atomic E-state index is 11.1. The molecule has 1 N–H and O–H groups in total. The van der Waals surface area contributed by atoms with Crippen molar-refractivity contribution in [1.29, 1.82) is 0 Å². The Morgan fingerprint density at radius 2 is 1.91 bits per heavy atom. The van der Waals surface area contributed by atoms with Crippen molar-refractivity contribution >= 4 is 15.7 Å². The summed E-state index contributed by atoms with van der Waals surface area (Å²) in [7, 11) is -1.76. The van der Waals surface area contributed by atoms with Crippen molar-refractivity contribution in [3.05, 3.63) is 0 Å². The smallest absolute Gasteiger partial charge is 0.241 e. The van der Waals surface area contributed by atoms with E-state index in [-0.39, 0.29) is 5.91 Å². The summed E-state index contributed by atoms with van der Waals surface area (Å²) in [6.45, 7) is 0.